The number of carbonyl (C=O) groups excluding carboxylic acids is 3. The van der Waals surface area contributed by atoms with Gasteiger partial charge in [0.1, 0.15) is 0 Å². The number of fused-ring (bicyclic) bond motifs is 1. The zero-order chi connectivity index (χ0) is 20.7. The molecule has 6 nitrogen and oxygen atoms in total. The minimum absolute atomic E-state index is 0.0525. The summed E-state index contributed by atoms with van der Waals surface area (Å²) in [6.45, 7) is 0.941. The fourth-order valence-electron chi connectivity index (χ4n) is 4.10. The Bertz CT molecular complexity index is 1090. The second kappa shape index (κ2) is 7.79. The van der Waals surface area contributed by atoms with Crippen molar-refractivity contribution in [2.24, 2.45) is 0 Å². The lowest BCUT2D eigenvalue weighted by Gasteiger charge is -2.37. The molecular formula is C22H19N3O3S2. The molecule has 0 radical (unpaired) electrons. The second-order valence-electron chi connectivity index (χ2n) is 7.30. The molecule has 30 heavy (non-hydrogen) atoms. The molecule has 2 aliphatic heterocycles. The molecule has 8 heteroatoms. The van der Waals surface area contributed by atoms with Crippen LogP contribution in [0.25, 0.3) is 0 Å². The highest BCUT2D eigenvalue weighted by molar-refractivity contribution is 7.10. The number of nitrogens with zero attached hydrogens (tertiary/aromatic N) is 3. The number of hydrogen-bond donors (Lipinski definition) is 0. The number of amides is 4. The Hall–Kier alpha value is -2.81. The maximum atomic E-state index is 13.0. The van der Waals surface area contributed by atoms with Crippen LogP contribution >= 0.6 is 22.7 Å². The van der Waals surface area contributed by atoms with E-state index in [9.17, 15) is 14.4 Å². The van der Waals surface area contributed by atoms with Gasteiger partial charge in [0.25, 0.3) is 0 Å². The number of rotatable bonds is 5. The third kappa shape index (κ3) is 3.27. The molecule has 5 rings (SSSR count). The van der Waals surface area contributed by atoms with Gasteiger partial charge in [0.05, 0.1) is 19.3 Å². The average molecular weight is 438 g/mol. The van der Waals surface area contributed by atoms with Crippen LogP contribution in [0.1, 0.15) is 26.9 Å². The van der Waals surface area contributed by atoms with E-state index in [0.29, 0.717) is 6.54 Å². The Kier molecular flexibility index (Phi) is 4.98. The summed E-state index contributed by atoms with van der Waals surface area (Å²) in [6.07, 6.45) is 0.861. The van der Waals surface area contributed by atoms with Crippen LogP contribution in [0.5, 0.6) is 0 Å². The van der Waals surface area contributed by atoms with E-state index in [1.54, 1.807) is 11.3 Å². The highest BCUT2D eigenvalue weighted by Gasteiger charge is 2.46. The van der Waals surface area contributed by atoms with Crippen molar-refractivity contribution in [2.75, 3.05) is 13.2 Å². The SMILES string of the molecule is O=C1C(=O)N(CN2CCc3sccc3[C@@H]2c2ccccc2)C(=O)N1Cc1cccs1. The molecule has 0 N–H and O–H groups in total. The van der Waals surface area contributed by atoms with Crippen molar-refractivity contribution >= 4 is 40.5 Å². The molecule has 2 aromatic heterocycles. The molecule has 3 aromatic rings. The van der Waals surface area contributed by atoms with Gasteiger partial charge < -0.3 is 0 Å². The number of benzene rings is 1. The largest absolute Gasteiger partial charge is 0.335 e. The van der Waals surface area contributed by atoms with Crippen molar-refractivity contribution < 1.29 is 14.4 Å². The molecular weight excluding hydrogens is 418 g/mol. The molecule has 0 aliphatic carbocycles. The fourth-order valence-corrected chi connectivity index (χ4v) is 5.70. The van der Waals surface area contributed by atoms with Crippen molar-refractivity contribution in [2.45, 2.75) is 19.0 Å². The van der Waals surface area contributed by atoms with E-state index in [0.717, 1.165) is 26.7 Å². The van der Waals surface area contributed by atoms with E-state index >= 15 is 0 Å². The smallest absolute Gasteiger partial charge is 0.274 e. The minimum Gasteiger partial charge on any atom is -0.274 e. The van der Waals surface area contributed by atoms with Crippen LogP contribution in [-0.4, -0.2) is 45.8 Å². The van der Waals surface area contributed by atoms with Crippen LogP contribution in [0.15, 0.2) is 59.3 Å². The maximum Gasteiger partial charge on any atom is 0.335 e. The van der Waals surface area contributed by atoms with Crippen LogP contribution in [0, 0.1) is 0 Å². The third-order valence-corrected chi connectivity index (χ3v) is 7.39. The summed E-state index contributed by atoms with van der Waals surface area (Å²) in [5.74, 6) is -1.50. The Morgan fingerprint density at radius 3 is 2.43 bits per heavy atom. The van der Waals surface area contributed by atoms with Gasteiger partial charge in [-0.2, -0.15) is 0 Å². The van der Waals surface area contributed by atoms with E-state index in [2.05, 4.69) is 28.5 Å². The van der Waals surface area contributed by atoms with Gasteiger partial charge in [-0.1, -0.05) is 36.4 Å². The molecule has 1 atom stereocenters. The Labute approximate surface area is 181 Å². The average Bonchev–Trinajstić information content (AvgIpc) is 3.49. The highest BCUT2D eigenvalue weighted by atomic mass is 32.1. The fraction of sp³-hybridized carbons (Fsp3) is 0.227. The van der Waals surface area contributed by atoms with Gasteiger partial charge in [-0.25, -0.2) is 9.69 Å². The molecule has 0 bridgehead atoms. The van der Waals surface area contributed by atoms with Gasteiger partial charge in [0.2, 0.25) is 0 Å². The van der Waals surface area contributed by atoms with E-state index in [-0.39, 0.29) is 19.3 Å². The quantitative estimate of drug-likeness (QED) is 0.451. The van der Waals surface area contributed by atoms with Crippen LogP contribution in [0.3, 0.4) is 0 Å². The molecule has 0 saturated carbocycles. The molecule has 152 valence electrons. The number of carbonyl (C=O) groups is 3. The topological polar surface area (TPSA) is 60.9 Å². The summed E-state index contributed by atoms with van der Waals surface area (Å²) in [7, 11) is 0. The predicted octanol–water partition coefficient (Wildman–Crippen LogP) is 3.71. The normalized spacial score (nSPS) is 19.6. The van der Waals surface area contributed by atoms with E-state index in [1.807, 2.05) is 35.7 Å². The van der Waals surface area contributed by atoms with Gasteiger partial charge in [-0.15, -0.1) is 22.7 Å². The number of hydrogen-bond acceptors (Lipinski definition) is 6. The standard InChI is InChI=1S/C22H19N3O3S2/c26-20-21(27)25(22(28)24(20)13-16-7-4-11-29-16)14-23-10-8-18-17(9-12-30-18)19(23)15-5-2-1-3-6-15/h1-7,9,11-12,19H,8,10,13-14H2/t19-/m0/s1. The summed E-state index contributed by atoms with van der Waals surface area (Å²) < 4.78 is 0. The van der Waals surface area contributed by atoms with Crippen molar-refractivity contribution in [1.82, 2.24) is 14.7 Å². The molecule has 0 unspecified atom stereocenters. The zero-order valence-electron chi connectivity index (χ0n) is 16.1. The lowest BCUT2D eigenvalue weighted by atomic mass is 9.94. The van der Waals surface area contributed by atoms with Crippen LogP contribution in [0.2, 0.25) is 0 Å². The van der Waals surface area contributed by atoms with Crippen molar-refractivity contribution in [3.05, 3.63) is 80.2 Å². The first kappa shape index (κ1) is 19.2. The summed E-state index contributed by atoms with van der Waals surface area (Å²) in [6, 6.07) is 15.3. The molecule has 2 aliphatic rings. The Morgan fingerprint density at radius 2 is 1.67 bits per heavy atom. The van der Waals surface area contributed by atoms with E-state index in [1.165, 1.54) is 21.8 Å². The summed E-state index contributed by atoms with van der Waals surface area (Å²) in [4.78, 5) is 44.6. The number of imide groups is 2. The molecule has 1 saturated heterocycles. The van der Waals surface area contributed by atoms with E-state index < -0.39 is 17.8 Å². The number of thiophene rings is 2. The predicted molar refractivity (Wildman–Crippen MR) is 115 cm³/mol. The second-order valence-corrected chi connectivity index (χ2v) is 9.34. The van der Waals surface area contributed by atoms with Gasteiger partial charge in [-0.3, -0.25) is 19.4 Å². The first-order valence-electron chi connectivity index (χ1n) is 9.68. The molecule has 4 heterocycles. The summed E-state index contributed by atoms with van der Waals surface area (Å²) >= 11 is 3.19. The summed E-state index contributed by atoms with van der Waals surface area (Å²) in [5, 5.41) is 3.97. The maximum absolute atomic E-state index is 13.0. The van der Waals surface area contributed by atoms with Crippen molar-refractivity contribution in [3.63, 3.8) is 0 Å². The van der Waals surface area contributed by atoms with Gasteiger partial charge in [0.15, 0.2) is 0 Å². The van der Waals surface area contributed by atoms with Gasteiger partial charge >= 0.3 is 17.8 Å². The molecule has 1 aromatic carbocycles. The van der Waals surface area contributed by atoms with Crippen molar-refractivity contribution in [1.29, 1.82) is 0 Å². The van der Waals surface area contributed by atoms with Gasteiger partial charge in [0, 0.05) is 16.3 Å². The number of urea groups is 1. The summed E-state index contributed by atoms with van der Waals surface area (Å²) in [5.41, 5.74) is 2.32. The lowest BCUT2D eigenvalue weighted by Crippen LogP contribution is -2.46. The molecule has 0 spiro atoms. The zero-order valence-corrected chi connectivity index (χ0v) is 17.7. The monoisotopic (exact) mass is 437 g/mol. The van der Waals surface area contributed by atoms with Crippen LogP contribution in [-0.2, 0) is 22.6 Å². The van der Waals surface area contributed by atoms with E-state index in [4.69, 9.17) is 0 Å². The third-order valence-electron chi connectivity index (χ3n) is 5.53. The Balaban J connectivity index is 1.42. The first-order valence-corrected chi connectivity index (χ1v) is 11.4. The Morgan fingerprint density at radius 1 is 0.867 bits per heavy atom. The highest BCUT2D eigenvalue weighted by Crippen LogP contribution is 2.38. The molecule has 4 amide bonds. The first-order chi connectivity index (χ1) is 14.6. The van der Waals surface area contributed by atoms with Crippen molar-refractivity contribution in [3.8, 4) is 0 Å². The molecule has 1 fully saturated rings. The van der Waals surface area contributed by atoms with Crippen LogP contribution < -0.4 is 0 Å². The van der Waals surface area contributed by atoms with Crippen LogP contribution in [0.4, 0.5) is 4.79 Å². The lowest BCUT2D eigenvalue weighted by molar-refractivity contribution is -0.144. The van der Waals surface area contributed by atoms with Gasteiger partial charge in [-0.05, 0) is 40.4 Å². The minimum atomic E-state index is -0.752.